The third-order valence-electron chi connectivity index (χ3n) is 12.5. The van der Waals surface area contributed by atoms with Gasteiger partial charge in [0.15, 0.2) is 0 Å². The van der Waals surface area contributed by atoms with E-state index in [1.807, 2.05) is 6.07 Å². The van der Waals surface area contributed by atoms with Crippen LogP contribution in [-0.2, 0) is 15.0 Å². The van der Waals surface area contributed by atoms with Gasteiger partial charge in [-0.1, -0.05) is 45.2 Å². The minimum absolute atomic E-state index is 0.0204. The molecule has 49 heavy (non-hydrogen) atoms. The van der Waals surface area contributed by atoms with E-state index in [0.717, 1.165) is 74.0 Å². The van der Waals surface area contributed by atoms with Crippen LogP contribution < -0.4 is 14.4 Å². The van der Waals surface area contributed by atoms with Gasteiger partial charge in [0.1, 0.15) is 5.75 Å². The molecular formula is C38H53N5O5S. The zero-order chi connectivity index (χ0) is 34.7. The molecule has 5 aliphatic rings. The molecule has 3 fully saturated rings. The summed E-state index contributed by atoms with van der Waals surface area (Å²) in [6, 6.07) is 12.7. The number of hydrogen-bond donors (Lipinski definition) is 1. The highest BCUT2D eigenvalue weighted by Crippen LogP contribution is 2.68. The first-order valence-corrected chi connectivity index (χ1v) is 19.8. The lowest BCUT2D eigenvalue weighted by atomic mass is 9.72. The number of hydrogen-bond acceptors (Lipinski definition) is 7. The molecule has 0 radical (unpaired) electrons. The highest BCUT2D eigenvalue weighted by atomic mass is 32.2. The number of carbonyl (C=O) groups is 2. The lowest BCUT2D eigenvalue weighted by Gasteiger charge is -2.41. The summed E-state index contributed by atoms with van der Waals surface area (Å²) in [5, 5.41) is 0. The Bertz CT molecular complexity index is 1700. The maximum Gasteiger partial charge on any atom is 0.303 e. The maximum atomic E-state index is 14.8. The van der Waals surface area contributed by atoms with E-state index in [0.29, 0.717) is 24.1 Å². The van der Waals surface area contributed by atoms with Gasteiger partial charge in [0.25, 0.3) is 5.91 Å². The zero-order valence-electron chi connectivity index (χ0n) is 29.8. The Morgan fingerprint density at radius 3 is 2.31 bits per heavy atom. The van der Waals surface area contributed by atoms with Gasteiger partial charge in [-0.2, -0.15) is 12.7 Å². The van der Waals surface area contributed by atoms with Crippen LogP contribution in [0.5, 0.6) is 5.75 Å². The molecule has 3 heterocycles. The summed E-state index contributed by atoms with van der Waals surface area (Å²) in [4.78, 5) is 35.3. The van der Waals surface area contributed by atoms with E-state index in [9.17, 15) is 18.0 Å². The molecule has 10 nitrogen and oxygen atoms in total. The number of benzene rings is 2. The molecule has 2 saturated carbocycles. The van der Waals surface area contributed by atoms with Crippen molar-refractivity contribution in [2.45, 2.75) is 89.1 Å². The molecule has 4 atom stereocenters. The molecule has 1 N–H and O–H groups in total. The van der Waals surface area contributed by atoms with Crippen molar-refractivity contribution in [1.82, 2.24) is 18.8 Å². The topological polar surface area (TPSA) is 102 Å². The Balaban J connectivity index is 1.30. The molecule has 0 spiro atoms. The quantitative estimate of drug-likeness (QED) is 0.382. The average molecular weight is 692 g/mol. The van der Waals surface area contributed by atoms with Crippen LogP contribution in [0.15, 0.2) is 36.4 Å². The second-order valence-electron chi connectivity index (χ2n) is 15.2. The third-order valence-corrected chi connectivity index (χ3v) is 13.9. The molecular weight excluding hydrogens is 639 g/mol. The Labute approximate surface area is 292 Å². The first-order valence-electron chi connectivity index (χ1n) is 18.4. The van der Waals surface area contributed by atoms with E-state index < -0.39 is 21.5 Å². The summed E-state index contributed by atoms with van der Waals surface area (Å²) in [5.41, 5.74) is 4.36. The fourth-order valence-electron chi connectivity index (χ4n) is 9.70. The van der Waals surface area contributed by atoms with Crippen LogP contribution in [0.1, 0.15) is 110 Å². The van der Waals surface area contributed by atoms with Gasteiger partial charge >= 0.3 is 10.2 Å². The van der Waals surface area contributed by atoms with Crippen molar-refractivity contribution >= 4 is 27.7 Å². The van der Waals surface area contributed by atoms with E-state index in [2.05, 4.69) is 57.5 Å². The van der Waals surface area contributed by atoms with Gasteiger partial charge in [-0.15, -0.1) is 0 Å². The van der Waals surface area contributed by atoms with E-state index in [-0.39, 0.29) is 23.8 Å². The molecule has 1 saturated heterocycles. The van der Waals surface area contributed by atoms with Gasteiger partial charge in [0, 0.05) is 75.9 Å². The molecule has 2 aromatic carbocycles. The van der Waals surface area contributed by atoms with E-state index >= 15 is 0 Å². The SMILES string of the molecule is CCC(CC)N1CCN(C(=O)C23CC2c2cc(OC)ccc2C2C(C4CCCCC4)c4ccc(C(=O)NS(=O)(=O)N(C)C)cc4N2C3)CC1. The van der Waals surface area contributed by atoms with Gasteiger partial charge < -0.3 is 14.5 Å². The monoisotopic (exact) mass is 691 g/mol. The molecule has 266 valence electrons. The number of rotatable bonds is 9. The predicted molar refractivity (Wildman–Crippen MR) is 191 cm³/mol. The fraction of sp³-hybridized carbons (Fsp3) is 0.632. The average Bonchev–Trinajstić information content (AvgIpc) is 3.78. The standard InChI is InChI=1S/C38H53N5O5S/c1-6-27(7-2)41-17-19-42(20-18-41)37(45)38-23-32(38)31-22-28(48-5)14-16-29(31)35-34(25-11-9-8-10-12-25)30-15-13-26(21-33(30)43(35)24-38)36(44)39-49(46,47)40(3)4/h13-16,21-22,25,27,32,34-35H,6-12,17-20,23-24H2,1-5H3,(H,39,44). The first kappa shape index (κ1) is 34.3. The van der Waals surface area contributed by atoms with Crippen molar-refractivity contribution in [3.05, 3.63) is 58.7 Å². The number of piperazine rings is 1. The van der Waals surface area contributed by atoms with Gasteiger partial charge in [-0.25, -0.2) is 4.72 Å². The van der Waals surface area contributed by atoms with Crippen LogP contribution in [0, 0.1) is 11.3 Å². The smallest absolute Gasteiger partial charge is 0.303 e. The molecule has 7 rings (SSSR count). The number of carbonyl (C=O) groups excluding carboxylic acids is 2. The lowest BCUT2D eigenvalue weighted by molar-refractivity contribution is -0.139. The number of nitrogens with one attached hydrogen (secondary N) is 1. The molecule has 4 unspecified atom stereocenters. The number of ether oxygens (including phenoxy) is 1. The highest BCUT2D eigenvalue weighted by molar-refractivity contribution is 7.87. The van der Waals surface area contributed by atoms with Crippen LogP contribution in [0.25, 0.3) is 0 Å². The van der Waals surface area contributed by atoms with Crippen molar-refractivity contribution < 1.29 is 22.7 Å². The molecule has 2 aliphatic carbocycles. The van der Waals surface area contributed by atoms with Crippen molar-refractivity contribution in [1.29, 1.82) is 0 Å². The summed E-state index contributed by atoms with van der Waals surface area (Å²) >= 11 is 0. The van der Waals surface area contributed by atoms with E-state index in [1.54, 1.807) is 13.2 Å². The summed E-state index contributed by atoms with van der Waals surface area (Å²) < 4.78 is 34.2. The Morgan fingerprint density at radius 2 is 1.65 bits per heavy atom. The van der Waals surface area contributed by atoms with Gasteiger partial charge in [0.2, 0.25) is 5.91 Å². The first-order chi connectivity index (χ1) is 23.5. The Morgan fingerprint density at radius 1 is 0.959 bits per heavy atom. The number of anilines is 1. The predicted octanol–water partition coefficient (Wildman–Crippen LogP) is 5.28. The van der Waals surface area contributed by atoms with Crippen molar-refractivity contribution in [2.75, 3.05) is 58.8 Å². The van der Waals surface area contributed by atoms with Crippen LogP contribution >= 0.6 is 0 Å². The molecule has 3 aliphatic heterocycles. The minimum atomic E-state index is -3.96. The van der Waals surface area contributed by atoms with Crippen LogP contribution in [0.2, 0.25) is 0 Å². The largest absolute Gasteiger partial charge is 0.497 e. The number of fused-ring (bicyclic) bond motifs is 7. The van der Waals surface area contributed by atoms with Gasteiger partial charge in [-0.05, 0) is 79.0 Å². The normalized spacial score (nSPS) is 26.9. The van der Waals surface area contributed by atoms with E-state index in [4.69, 9.17) is 4.74 Å². The fourth-order valence-corrected chi connectivity index (χ4v) is 10.2. The number of nitrogens with zero attached hydrogens (tertiary/aromatic N) is 4. The molecule has 2 amide bonds. The number of amides is 2. The van der Waals surface area contributed by atoms with Gasteiger partial charge in [0.05, 0.1) is 18.6 Å². The molecule has 0 aromatic heterocycles. The summed E-state index contributed by atoms with van der Waals surface area (Å²) in [7, 11) is 0.543. The van der Waals surface area contributed by atoms with Crippen LogP contribution in [-0.4, -0.2) is 94.3 Å². The second-order valence-corrected chi connectivity index (χ2v) is 17.1. The van der Waals surface area contributed by atoms with Crippen molar-refractivity contribution in [3.63, 3.8) is 0 Å². The van der Waals surface area contributed by atoms with Crippen LogP contribution in [0.3, 0.4) is 0 Å². The lowest BCUT2D eigenvalue weighted by Crippen LogP contribution is -2.54. The second kappa shape index (κ2) is 13.2. The minimum Gasteiger partial charge on any atom is -0.497 e. The summed E-state index contributed by atoms with van der Waals surface area (Å²) in [6.07, 6.45) is 8.98. The van der Waals surface area contributed by atoms with Gasteiger partial charge in [-0.3, -0.25) is 14.5 Å². The number of methoxy groups -OCH3 is 1. The zero-order valence-corrected chi connectivity index (χ0v) is 30.6. The van der Waals surface area contributed by atoms with Crippen LogP contribution in [0.4, 0.5) is 5.69 Å². The summed E-state index contributed by atoms with van der Waals surface area (Å²) in [6.45, 7) is 8.35. The highest BCUT2D eigenvalue weighted by Gasteiger charge is 2.66. The molecule has 11 heteroatoms. The molecule has 0 bridgehead atoms. The Hall–Kier alpha value is -3.15. The van der Waals surface area contributed by atoms with Crippen molar-refractivity contribution in [3.8, 4) is 5.75 Å². The third kappa shape index (κ3) is 5.93. The Kier molecular flexibility index (Phi) is 9.24. The summed E-state index contributed by atoms with van der Waals surface area (Å²) in [5.74, 6) is 1.18. The maximum absolute atomic E-state index is 14.8. The van der Waals surface area contributed by atoms with E-state index in [1.165, 1.54) is 50.0 Å². The molecule has 2 aromatic rings. The van der Waals surface area contributed by atoms with Crippen molar-refractivity contribution in [2.24, 2.45) is 11.3 Å².